The smallest absolute Gasteiger partial charge is 0.175 e. The quantitative estimate of drug-likeness (QED) is 0.765. The molecule has 0 spiro atoms. The molecule has 0 atom stereocenters. The van der Waals surface area contributed by atoms with Gasteiger partial charge in [-0.25, -0.2) is 0 Å². The van der Waals surface area contributed by atoms with Crippen molar-refractivity contribution in [1.82, 2.24) is 0 Å². The van der Waals surface area contributed by atoms with Crippen molar-refractivity contribution < 1.29 is 0 Å². The molecule has 98 valence electrons. The highest BCUT2D eigenvalue weighted by atomic mass is 79.9. The first kappa shape index (κ1) is 14.0. The van der Waals surface area contributed by atoms with E-state index in [0.717, 1.165) is 15.8 Å². The molecule has 0 fully saturated rings. The fourth-order valence-electron chi connectivity index (χ4n) is 1.72. The van der Waals surface area contributed by atoms with Crippen LogP contribution in [0.3, 0.4) is 0 Å². The third-order valence-corrected chi connectivity index (χ3v) is 3.42. The number of nitrogens with one attached hydrogen (secondary N) is 2. The molecule has 0 aliphatic rings. The Morgan fingerprint density at radius 2 is 1.84 bits per heavy atom. The van der Waals surface area contributed by atoms with Crippen LogP contribution in [-0.2, 0) is 0 Å². The maximum Gasteiger partial charge on any atom is 0.175 e. The largest absolute Gasteiger partial charge is 0.332 e. The fourth-order valence-corrected chi connectivity index (χ4v) is 2.35. The minimum Gasteiger partial charge on any atom is -0.332 e. The normalized spacial score (nSPS) is 10.1. The molecule has 2 N–H and O–H groups in total. The van der Waals surface area contributed by atoms with Crippen LogP contribution < -0.4 is 10.6 Å². The summed E-state index contributed by atoms with van der Waals surface area (Å²) in [6.07, 6.45) is 0. The van der Waals surface area contributed by atoms with Crippen LogP contribution in [0.5, 0.6) is 0 Å². The van der Waals surface area contributed by atoms with Gasteiger partial charge in [0.15, 0.2) is 5.11 Å². The van der Waals surface area contributed by atoms with Crippen molar-refractivity contribution in [3.05, 3.63) is 58.1 Å². The maximum absolute atomic E-state index is 5.33. The summed E-state index contributed by atoms with van der Waals surface area (Å²) in [5.74, 6) is 0. The predicted octanol–water partition coefficient (Wildman–Crippen LogP) is 4.87. The summed E-state index contributed by atoms with van der Waals surface area (Å²) in [4.78, 5) is 0. The van der Waals surface area contributed by atoms with Crippen molar-refractivity contribution in [1.29, 1.82) is 0 Å². The van der Waals surface area contributed by atoms with Crippen molar-refractivity contribution >= 4 is 44.6 Å². The molecule has 19 heavy (non-hydrogen) atoms. The van der Waals surface area contributed by atoms with Gasteiger partial charge < -0.3 is 10.6 Å². The van der Waals surface area contributed by atoms with Crippen LogP contribution in [0, 0.1) is 13.8 Å². The summed E-state index contributed by atoms with van der Waals surface area (Å²) in [5, 5.41) is 6.98. The maximum atomic E-state index is 5.33. The molecule has 0 saturated carbocycles. The lowest BCUT2D eigenvalue weighted by atomic mass is 10.1. The molecule has 0 aromatic heterocycles. The standard InChI is InChI=1S/C15H15BrN2S/c1-10-6-7-11(2)14(8-10)18-15(19)17-13-5-3-4-12(16)9-13/h3-9H,1-2H3,(H2,17,18,19). The average molecular weight is 335 g/mol. The van der Waals surface area contributed by atoms with Crippen molar-refractivity contribution in [3.63, 3.8) is 0 Å². The SMILES string of the molecule is Cc1ccc(C)c(NC(=S)Nc2cccc(Br)c2)c1. The lowest BCUT2D eigenvalue weighted by Gasteiger charge is -2.13. The van der Waals surface area contributed by atoms with E-state index in [0.29, 0.717) is 5.11 Å². The van der Waals surface area contributed by atoms with Crippen LogP contribution in [0.25, 0.3) is 0 Å². The highest BCUT2D eigenvalue weighted by Gasteiger charge is 2.02. The van der Waals surface area contributed by atoms with Crippen molar-refractivity contribution in [2.45, 2.75) is 13.8 Å². The van der Waals surface area contributed by atoms with Gasteiger partial charge in [-0.3, -0.25) is 0 Å². The molecule has 0 heterocycles. The van der Waals surface area contributed by atoms with Gasteiger partial charge in [-0.05, 0) is 61.5 Å². The number of halogens is 1. The summed E-state index contributed by atoms with van der Waals surface area (Å²) >= 11 is 8.76. The van der Waals surface area contributed by atoms with Crippen LogP contribution in [0.4, 0.5) is 11.4 Å². The van der Waals surface area contributed by atoms with E-state index >= 15 is 0 Å². The summed E-state index contributed by atoms with van der Waals surface area (Å²) < 4.78 is 1.02. The van der Waals surface area contributed by atoms with Crippen LogP contribution in [0.1, 0.15) is 11.1 Å². The second kappa shape index (κ2) is 6.17. The fraction of sp³-hybridized carbons (Fsp3) is 0.133. The topological polar surface area (TPSA) is 24.1 Å². The third kappa shape index (κ3) is 4.04. The van der Waals surface area contributed by atoms with E-state index in [2.05, 4.69) is 58.6 Å². The van der Waals surface area contributed by atoms with E-state index in [1.807, 2.05) is 24.3 Å². The molecule has 0 saturated heterocycles. The number of hydrogen-bond acceptors (Lipinski definition) is 1. The first-order valence-corrected chi connectivity index (χ1v) is 7.15. The molecule has 0 radical (unpaired) electrons. The number of rotatable bonds is 2. The molecule has 4 heteroatoms. The number of anilines is 2. The Morgan fingerprint density at radius 1 is 1.05 bits per heavy atom. The van der Waals surface area contributed by atoms with Gasteiger partial charge in [0.05, 0.1) is 0 Å². The van der Waals surface area contributed by atoms with E-state index in [-0.39, 0.29) is 0 Å². The van der Waals surface area contributed by atoms with E-state index in [1.165, 1.54) is 11.1 Å². The molecule has 0 bridgehead atoms. The zero-order valence-electron chi connectivity index (χ0n) is 10.8. The minimum atomic E-state index is 0.590. The van der Waals surface area contributed by atoms with Gasteiger partial charge in [-0.2, -0.15) is 0 Å². The molecule has 2 nitrogen and oxygen atoms in total. The van der Waals surface area contributed by atoms with E-state index in [4.69, 9.17) is 12.2 Å². The third-order valence-electron chi connectivity index (χ3n) is 2.72. The first-order chi connectivity index (χ1) is 9.04. The highest BCUT2D eigenvalue weighted by Crippen LogP contribution is 2.18. The van der Waals surface area contributed by atoms with E-state index < -0.39 is 0 Å². The predicted molar refractivity (Wildman–Crippen MR) is 89.9 cm³/mol. The number of hydrogen-bond donors (Lipinski definition) is 2. The van der Waals surface area contributed by atoms with Gasteiger partial charge in [0.1, 0.15) is 0 Å². The number of aryl methyl sites for hydroxylation is 2. The van der Waals surface area contributed by atoms with E-state index in [1.54, 1.807) is 0 Å². The van der Waals surface area contributed by atoms with Crippen molar-refractivity contribution in [2.24, 2.45) is 0 Å². The average Bonchev–Trinajstić information content (AvgIpc) is 2.34. The first-order valence-electron chi connectivity index (χ1n) is 5.95. The number of thiocarbonyl (C=S) groups is 1. The van der Waals surface area contributed by atoms with Gasteiger partial charge >= 0.3 is 0 Å². The summed E-state index contributed by atoms with van der Waals surface area (Å²) in [5.41, 5.74) is 4.37. The molecule has 2 aromatic rings. The van der Waals surface area contributed by atoms with Gasteiger partial charge in [0, 0.05) is 15.8 Å². The molecule has 2 rings (SSSR count). The van der Waals surface area contributed by atoms with Crippen molar-refractivity contribution in [2.75, 3.05) is 10.6 Å². The zero-order chi connectivity index (χ0) is 13.8. The molecular weight excluding hydrogens is 320 g/mol. The van der Waals surface area contributed by atoms with Gasteiger partial charge in [-0.1, -0.05) is 34.1 Å². The molecular formula is C15H15BrN2S. The van der Waals surface area contributed by atoms with Crippen molar-refractivity contribution in [3.8, 4) is 0 Å². The Kier molecular flexibility index (Phi) is 4.56. The summed E-state index contributed by atoms with van der Waals surface area (Å²) in [7, 11) is 0. The van der Waals surface area contributed by atoms with Gasteiger partial charge in [-0.15, -0.1) is 0 Å². The van der Waals surface area contributed by atoms with Crippen LogP contribution >= 0.6 is 28.1 Å². The molecule has 2 aromatic carbocycles. The van der Waals surface area contributed by atoms with Crippen LogP contribution in [0.2, 0.25) is 0 Å². The second-order valence-electron chi connectivity index (χ2n) is 4.41. The lowest BCUT2D eigenvalue weighted by molar-refractivity contribution is 1.39. The number of benzene rings is 2. The Hall–Kier alpha value is -1.39. The minimum absolute atomic E-state index is 0.590. The highest BCUT2D eigenvalue weighted by molar-refractivity contribution is 9.10. The van der Waals surface area contributed by atoms with Gasteiger partial charge in [0.2, 0.25) is 0 Å². The van der Waals surface area contributed by atoms with E-state index in [9.17, 15) is 0 Å². The summed E-state index contributed by atoms with van der Waals surface area (Å²) in [6.45, 7) is 4.12. The Bertz CT molecular complexity index is 611. The van der Waals surface area contributed by atoms with Crippen LogP contribution in [0.15, 0.2) is 46.9 Å². The Balaban J connectivity index is 2.07. The van der Waals surface area contributed by atoms with Gasteiger partial charge in [0.25, 0.3) is 0 Å². The summed E-state index contributed by atoms with van der Waals surface area (Å²) in [6, 6.07) is 14.2. The Morgan fingerprint density at radius 3 is 2.58 bits per heavy atom. The monoisotopic (exact) mass is 334 g/mol. The lowest BCUT2D eigenvalue weighted by Crippen LogP contribution is -2.19. The molecule has 0 unspecified atom stereocenters. The molecule has 0 aliphatic heterocycles. The second-order valence-corrected chi connectivity index (χ2v) is 5.73. The molecule has 0 aliphatic carbocycles. The Labute approximate surface area is 127 Å². The molecule has 0 amide bonds. The van der Waals surface area contributed by atoms with Crippen LogP contribution in [-0.4, -0.2) is 5.11 Å². The zero-order valence-corrected chi connectivity index (χ0v) is 13.2.